The number of hydrogen-bond donors (Lipinski definition) is 2. The number of anilines is 2. The van der Waals surface area contributed by atoms with Crippen molar-refractivity contribution in [3.8, 4) is 0 Å². The van der Waals surface area contributed by atoms with Gasteiger partial charge in [0.25, 0.3) is 10.0 Å². The molecule has 0 radical (unpaired) electrons. The molecule has 3 aromatic rings. The molecule has 1 aromatic heterocycles. The third-order valence-corrected chi connectivity index (χ3v) is 6.91. The first-order valence-electron chi connectivity index (χ1n) is 10.2. The van der Waals surface area contributed by atoms with Gasteiger partial charge in [-0.25, -0.2) is 13.4 Å². The first-order valence-corrected chi connectivity index (χ1v) is 11.7. The van der Waals surface area contributed by atoms with Crippen molar-refractivity contribution in [2.45, 2.75) is 30.3 Å². The topological polar surface area (TPSA) is 74.3 Å². The van der Waals surface area contributed by atoms with Crippen molar-refractivity contribution in [1.29, 1.82) is 0 Å². The quantitative estimate of drug-likeness (QED) is 0.537. The van der Waals surface area contributed by atoms with E-state index in [9.17, 15) is 12.8 Å². The molecule has 0 saturated carbocycles. The van der Waals surface area contributed by atoms with Crippen molar-refractivity contribution < 1.29 is 12.8 Å². The molecule has 0 aliphatic carbocycles. The predicted molar refractivity (Wildman–Crippen MR) is 120 cm³/mol. The largest absolute Gasteiger partial charge is 0.381 e. The highest BCUT2D eigenvalue weighted by molar-refractivity contribution is 7.92. The lowest BCUT2D eigenvalue weighted by molar-refractivity contribution is 0.261. The summed E-state index contributed by atoms with van der Waals surface area (Å²) in [5.41, 5.74) is 2.17. The number of likely N-dealkylation sites (tertiary alicyclic amines) is 1. The number of benzene rings is 2. The molecule has 6 nitrogen and oxygen atoms in total. The highest BCUT2D eigenvalue weighted by Crippen LogP contribution is 2.26. The Morgan fingerprint density at radius 3 is 2.48 bits per heavy atom. The fourth-order valence-corrected chi connectivity index (χ4v) is 4.83. The van der Waals surface area contributed by atoms with E-state index < -0.39 is 16.0 Å². The molecule has 2 aromatic carbocycles. The van der Waals surface area contributed by atoms with Gasteiger partial charge >= 0.3 is 0 Å². The van der Waals surface area contributed by atoms with E-state index in [4.69, 9.17) is 0 Å². The highest BCUT2D eigenvalue weighted by Gasteiger charge is 2.26. The molecule has 1 aliphatic rings. The van der Waals surface area contributed by atoms with Crippen molar-refractivity contribution >= 4 is 21.5 Å². The SMILES string of the molecule is CC(c1ccccc1)N1CC[C@H](Nc2ccc(S(=O)(=O)Nc3cccc(F)n3)cc2)C1. The second-order valence-electron chi connectivity index (χ2n) is 7.69. The van der Waals surface area contributed by atoms with Gasteiger partial charge < -0.3 is 5.32 Å². The van der Waals surface area contributed by atoms with Crippen LogP contribution in [0.5, 0.6) is 0 Å². The Hall–Kier alpha value is -2.97. The average molecular weight is 441 g/mol. The summed E-state index contributed by atoms with van der Waals surface area (Å²) in [6.45, 7) is 4.14. The van der Waals surface area contributed by atoms with Gasteiger partial charge in [0.2, 0.25) is 5.95 Å². The van der Waals surface area contributed by atoms with E-state index in [1.165, 1.54) is 29.8 Å². The summed E-state index contributed by atoms with van der Waals surface area (Å²) in [6.07, 6.45) is 1.02. The normalized spacial score (nSPS) is 17.9. The molecule has 1 saturated heterocycles. The molecule has 8 heteroatoms. The van der Waals surface area contributed by atoms with Crippen LogP contribution in [0.15, 0.2) is 77.7 Å². The smallest absolute Gasteiger partial charge is 0.263 e. The molecule has 1 fully saturated rings. The van der Waals surface area contributed by atoms with Gasteiger partial charge in [-0.2, -0.15) is 4.39 Å². The Morgan fingerprint density at radius 2 is 1.77 bits per heavy atom. The van der Waals surface area contributed by atoms with Crippen LogP contribution in [0.3, 0.4) is 0 Å². The highest BCUT2D eigenvalue weighted by atomic mass is 32.2. The summed E-state index contributed by atoms with van der Waals surface area (Å²) in [7, 11) is -3.84. The predicted octanol–water partition coefficient (Wildman–Crippen LogP) is 4.27. The molecule has 1 aliphatic heterocycles. The molecule has 2 heterocycles. The second-order valence-corrected chi connectivity index (χ2v) is 9.37. The fraction of sp³-hybridized carbons (Fsp3) is 0.261. The van der Waals surface area contributed by atoms with Crippen molar-refractivity contribution in [2.75, 3.05) is 23.1 Å². The third-order valence-electron chi connectivity index (χ3n) is 5.54. The molecule has 2 N–H and O–H groups in total. The van der Waals surface area contributed by atoms with Crippen molar-refractivity contribution in [2.24, 2.45) is 0 Å². The van der Waals surface area contributed by atoms with Crippen LogP contribution in [0.2, 0.25) is 0 Å². The van der Waals surface area contributed by atoms with Crippen LogP contribution in [-0.4, -0.2) is 37.4 Å². The van der Waals surface area contributed by atoms with E-state index in [0.717, 1.165) is 31.3 Å². The number of pyridine rings is 1. The van der Waals surface area contributed by atoms with Gasteiger partial charge in [0.1, 0.15) is 5.82 Å². The minimum Gasteiger partial charge on any atom is -0.381 e. The molecule has 0 amide bonds. The number of sulfonamides is 1. The van der Waals surface area contributed by atoms with Crippen LogP contribution in [0.1, 0.15) is 24.9 Å². The van der Waals surface area contributed by atoms with E-state index in [-0.39, 0.29) is 10.7 Å². The maximum atomic E-state index is 13.2. The van der Waals surface area contributed by atoms with Crippen LogP contribution < -0.4 is 10.0 Å². The Kier molecular flexibility index (Phi) is 6.20. The van der Waals surface area contributed by atoms with E-state index in [2.05, 4.69) is 51.1 Å². The molecule has 0 bridgehead atoms. The van der Waals surface area contributed by atoms with Gasteiger partial charge in [0, 0.05) is 30.9 Å². The summed E-state index contributed by atoms with van der Waals surface area (Å²) in [6, 6.07) is 21.6. The Labute approximate surface area is 182 Å². The van der Waals surface area contributed by atoms with Crippen LogP contribution in [0.25, 0.3) is 0 Å². The first-order chi connectivity index (χ1) is 14.9. The number of nitrogens with zero attached hydrogens (tertiary/aromatic N) is 2. The lowest BCUT2D eigenvalue weighted by Gasteiger charge is -2.25. The van der Waals surface area contributed by atoms with Gasteiger partial charge in [0.05, 0.1) is 4.90 Å². The number of nitrogens with one attached hydrogen (secondary N) is 2. The zero-order valence-electron chi connectivity index (χ0n) is 17.2. The van der Waals surface area contributed by atoms with Crippen molar-refractivity contribution in [3.05, 3.63) is 84.3 Å². The number of hydrogen-bond acceptors (Lipinski definition) is 5. The number of aromatic nitrogens is 1. The lowest BCUT2D eigenvalue weighted by Crippen LogP contribution is -2.28. The molecule has 4 rings (SSSR count). The van der Waals surface area contributed by atoms with E-state index in [0.29, 0.717) is 12.1 Å². The van der Waals surface area contributed by atoms with Gasteiger partial charge in [-0.3, -0.25) is 9.62 Å². The minimum atomic E-state index is -3.84. The molecule has 162 valence electrons. The third kappa shape index (κ3) is 5.21. The Morgan fingerprint density at radius 1 is 1.03 bits per heavy atom. The summed E-state index contributed by atoms with van der Waals surface area (Å²) >= 11 is 0. The Balaban J connectivity index is 1.36. The lowest BCUT2D eigenvalue weighted by atomic mass is 10.1. The molecular weight excluding hydrogens is 415 g/mol. The maximum absolute atomic E-state index is 13.2. The van der Waals surface area contributed by atoms with Gasteiger partial charge in [-0.15, -0.1) is 0 Å². The second kappa shape index (κ2) is 9.03. The van der Waals surface area contributed by atoms with Gasteiger partial charge in [0.15, 0.2) is 0 Å². The molecule has 1 unspecified atom stereocenters. The molecule has 2 atom stereocenters. The standard InChI is InChI=1S/C23H25FN4O2S/c1-17(18-6-3-2-4-7-18)28-15-14-20(16-28)25-19-10-12-21(13-11-19)31(29,30)27-23-9-5-8-22(24)26-23/h2-13,17,20,25H,14-16H2,1H3,(H,26,27)/t17?,20-/m0/s1. The summed E-state index contributed by atoms with van der Waals surface area (Å²) in [5, 5.41) is 3.49. The summed E-state index contributed by atoms with van der Waals surface area (Å²) in [5.74, 6) is -0.798. The first kappa shape index (κ1) is 21.3. The summed E-state index contributed by atoms with van der Waals surface area (Å²) in [4.78, 5) is 6.08. The minimum absolute atomic E-state index is 0.0548. The molecular formula is C23H25FN4O2S. The Bertz CT molecular complexity index is 1120. The average Bonchev–Trinajstić information content (AvgIpc) is 3.22. The van der Waals surface area contributed by atoms with E-state index in [1.54, 1.807) is 12.1 Å². The van der Waals surface area contributed by atoms with Crippen LogP contribution in [0.4, 0.5) is 15.9 Å². The van der Waals surface area contributed by atoms with E-state index in [1.807, 2.05) is 6.07 Å². The van der Waals surface area contributed by atoms with Crippen LogP contribution in [-0.2, 0) is 10.0 Å². The van der Waals surface area contributed by atoms with Crippen LogP contribution in [0, 0.1) is 5.95 Å². The van der Waals surface area contributed by atoms with Gasteiger partial charge in [-0.05, 0) is 55.3 Å². The fourth-order valence-electron chi connectivity index (χ4n) is 3.83. The molecule has 31 heavy (non-hydrogen) atoms. The van der Waals surface area contributed by atoms with Crippen molar-refractivity contribution in [3.63, 3.8) is 0 Å². The monoisotopic (exact) mass is 440 g/mol. The van der Waals surface area contributed by atoms with Gasteiger partial charge in [-0.1, -0.05) is 36.4 Å². The zero-order chi connectivity index (χ0) is 21.8. The maximum Gasteiger partial charge on any atom is 0.263 e. The van der Waals surface area contributed by atoms with Crippen LogP contribution >= 0.6 is 0 Å². The zero-order valence-corrected chi connectivity index (χ0v) is 18.0. The number of halogens is 1. The van der Waals surface area contributed by atoms with E-state index >= 15 is 0 Å². The number of rotatable bonds is 7. The summed E-state index contributed by atoms with van der Waals surface area (Å²) < 4.78 is 40.5. The van der Waals surface area contributed by atoms with Crippen molar-refractivity contribution in [1.82, 2.24) is 9.88 Å². The molecule has 0 spiro atoms.